The van der Waals surface area contributed by atoms with Crippen molar-refractivity contribution in [3.8, 4) is 0 Å². The number of nitrogens with two attached hydrogens (primary N) is 1. The average Bonchev–Trinajstić information content (AvgIpc) is 2.35. The average molecular weight is 333 g/mol. The van der Waals surface area contributed by atoms with Gasteiger partial charge in [0.15, 0.2) is 5.82 Å². The fourth-order valence-electron chi connectivity index (χ4n) is 1.59. The number of thiocarbonyl (C=S) groups is 1. The highest BCUT2D eigenvalue weighted by Gasteiger charge is 2.09. The molecule has 2 nitrogen and oxygen atoms in total. The van der Waals surface area contributed by atoms with Crippen molar-refractivity contribution in [1.29, 1.82) is 0 Å². The minimum absolute atomic E-state index is 0.0260. The first-order chi connectivity index (χ1) is 9.38. The van der Waals surface area contributed by atoms with Gasteiger partial charge in [0, 0.05) is 16.9 Å². The summed E-state index contributed by atoms with van der Waals surface area (Å²) in [4.78, 5) is -0.0260. The molecule has 2 rings (SSSR count). The van der Waals surface area contributed by atoms with E-state index in [1.807, 2.05) is 0 Å². The van der Waals surface area contributed by atoms with Crippen molar-refractivity contribution in [2.45, 2.75) is 0 Å². The predicted molar refractivity (Wildman–Crippen MR) is 82.0 cm³/mol. The van der Waals surface area contributed by atoms with Crippen LogP contribution in [-0.4, -0.2) is 4.99 Å². The van der Waals surface area contributed by atoms with Crippen LogP contribution in [0.15, 0.2) is 30.3 Å². The molecule has 20 heavy (non-hydrogen) atoms. The van der Waals surface area contributed by atoms with E-state index in [2.05, 4.69) is 5.32 Å². The Morgan fingerprint density at radius 3 is 2.15 bits per heavy atom. The highest BCUT2D eigenvalue weighted by atomic mass is 35.5. The van der Waals surface area contributed by atoms with Crippen LogP contribution in [0.4, 0.5) is 20.2 Å². The van der Waals surface area contributed by atoms with Gasteiger partial charge in [-0.1, -0.05) is 35.4 Å². The van der Waals surface area contributed by atoms with E-state index in [1.54, 1.807) is 6.07 Å². The molecule has 3 N–H and O–H groups in total. The first kappa shape index (κ1) is 15.0. The van der Waals surface area contributed by atoms with Crippen molar-refractivity contribution in [2.24, 2.45) is 5.73 Å². The summed E-state index contributed by atoms with van der Waals surface area (Å²) in [6.45, 7) is 0. The maximum atomic E-state index is 13.7. The number of hydrogen-bond donors (Lipinski definition) is 2. The SMILES string of the molecule is NC(=S)c1ccc(Nc2cc(Cl)c(F)c(Cl)c2)cc1F. The molecule has 0 aliphatic heterocycles. The van der Waals surface area contributed by atoms with Crippen LogP contribution in [-0.2, 0) is 0 Å². The Morgan fingerprint density at radius 2 is 1.65 bits per heavy atom. The second-order valence-corrected chi connectivity index (χ2v) is 5.19. The monoisotopic (exact) mass is 332 g/mol. The van der Waals surface area contributed by atoms with Crippen LogP contribution in [0.2, 0.25) is 10.0 Å². The summed E-state index contributed by atoms with van der Waals surface area (Å²) in [7, 11) is 0. The molecule has 0 aliphatic rings. The van der Waals surface area contributed by atoms with Crippen molar-refractivity contribution in [1.82, 2.24) is 0 Å². The van der Waals surface area contributed by atoms with Gasteiger partial charge in [0.1, 0.15) is 10.8 Å². The van der Waals surface area contributed by atoms with Crippen molar-refractivity contribution in [3.05, 3.63) is 57.6 Å². The van der Waals surface area contributed by atoms with Gasteiger partial charge in [0.05, 0.1) is 10.0 Å². The largest absolute Gasteiger partial charge is 0.389 e. The van der Waals surface area contributed by atoms with Crippen LogP contribution in [0.5, 0.6) is 0 Å². The number of nitrogens with one attached hydrogen (secondary N) is 1. The van der Waals surface area contributed by atoms with E-state index in [-0.39, 0.29) is 20.6 Å². The minimum Gasteiger partial charge on any atom is -0.389 e. The molecule has 0 heterocycles. The third kappa shape index (κ3) is 3.17. The third-order valence-corrected chi connectivity index (χ3v) is 3.28. The summed E-state index contributed by atoms with van der Waals surface area (Å²) in [5, 5.41) is 2.61. The molecule has 0 saturated carbocycles. The molecule has 0 unspecified atom stereocenters. The summed E-state index contributed by atoms with van der Waals surface area (Å²) in [6, 6.07) is 6.96. The Kier molecular flexibility index (Phi) is 4.42. The molecule has 7 heteroatoms. The van der Waals surface area contributed by atoms with Gasteiger partial charge < -0.3 is 11.1 Å². The zero-order chi connectivity index (χ0) is 14.9. The Morgan fingerprint density at radius 1 is 1.05 bits per heavy atom. The number of anilines is 2. The van der Waals surface area contributed by atoms with Gasteiger partial charge >= 0.3 is 0 Å². The Bertz CT molecular complexity index is 669. The molecule has 0 spiro atoms. The topological polar surface area (TPSA) is 38.0 Å². The molecule has 0 fully saturated rings. The second-order valence-electron chi connectivity index (χ2n) is 3.94. The second kappa shape index (κ2) is 5.91. The standard InChI is InChI=1S/C13H8Cl2F2N2S/c14-9-3-7(4-10(15)12(9)17)19-6-1-2-8(13(18)20)11(16)5-6/h1-5,19H,(H2,18,20). The predicted octanol–water partition coefficient (Wildman–Crippen LogP) is 4.65. The summed E-state index contributed by atoms with van der Waals surface area (Å²) >= 11 is 16.1. The molecule has 0 saturated heterocycles. The highest BCUT2D eigenvalue weighted by molar-refractivity contribution is 7.80. The fraction of sp³-hybridized carbons (Fsp3) is 0. The van der Waals surface area contributed by atoms with E-state index in [9.17, 15) is 8.78 Å². The quantitative estimate of drug-likeness (QED) is 0.634. The summed E-state index contributed by atoms with van der Waals surface area (Å²) < 4.78 is 27.0. The number of hydrogen-bond acceptors (Lipinski definition) is 2. The summed E-state index contributed by atoms with van der Waals surface area (Å²) in [6.07, 6.45) is 0. The first-order valence-corrected chi connectivity index (χ1v) is 6.56. The molecule has 0 atom stereocenters. The maximum Gasteiger partial charge on any atom is 0.160 e. The van der Waals surface area contributed by atoms with Gasteiger partial charge in [-0.25, -0.2) is 8.78 Å². The smallest absolute Gasteiger partial charge is 0.160 e. The van der Waals surface area contributed by atoms with Crippen LogP contribution in [0.1, 0.15) is 5.56 Å². The molecular formula is C13H8Cl2F2N2S. The molecule has 0 aliphatic carbocycles. The number of halogens is 4. The molecular weight excluding hydrogens is 325 g/mol. The van der Waals surface area contributed by atoms with Crippen molar-refractivity contribution >= 4 is 51.8 Å². The zero-order valence-electron chi connectivity index (χ0n) is 9.88. The van der Waals surface area contributed by atoms with E-state index >= 15 is 0 Å². The number of rotatable bonds is 3. The van der Waals surface area contributed by atoms with Crippen LogP contribution in [0.25, 0.3) is 0 Å². The van der Waals surface area contributed by atoms with Crippen molar-refractivity contribution < 1.29 is 8.78 Å². The normalized spacial score (nSPS) is 10.4. The number of benzene rings is 2. The lowest BCUT2D eigenvalue weighted by molar-refractivity contribution is 0.626. The van der Waals surface area contributed by atoms with Crippen LogP contribution in [0.3, 0.4) is 0 Å². The highest BCUT2D eigenvalue weighted by Crippen LogP contribution is 2.29. The van der Waals surface area contributed by atoms with Gasteiger partial charge in [-0.05, 0) is 30.3 Å². The van der Waals surface area contributed by atoms with E-state index in [0.717, 1.165) is 0 Å². The third-order valence-electron chi connectivity index (χ3n) is 2.51. The lowest BCUT2D eigenvalue weighted by Gasteiger charge is -2.10. The van der Waals surface area contributed by atoms with Crippen molar-refractivity contribution in [2.75, 3.05) is 5.32 Å². The van der Waals surface area contributed by atoms with Crippen LogP contribution in [0, 0.1) is 11.6 Å². The Hall–Kier alpha value is -1.43. The minimum atomic E-state index is -0.700. The lowest BCUT2D eigenvalue weighted by Crippen LogP contribution is -2.11. The molecule has 0 aromatic heterocycles. The van der Waals surface area contributed by atoms with Gasteiger partial charge in [-0.15, -0.1) is 0 Å². The fourth-order valence-corrected chi connectivity index (χ4v) is 2.24. The molecule has 2 aromatic carbocycles. The Labute approximate surface area is 129 Å². The van der Waals surface area contributed by atoms with Crippen LogP contribution < -0.4 is 11.1 Å². The summed E-state index contributed by atoms with van der Waals surface area (Å²) in [5.41, 5.74) is 6.39. The van der Waals surface area contributed by atoms with Gasteiger partial charge in [-0.3, -0.25) is 0 Å². The maximum absolute atomic E-state index is 13.7. The van der Waals surface area contributed by atoms with Gasteiger partial charge in [-0.2, -0.15) is 0 Å². The molecule has 0 amide bonds. The van der Waals surface area contributed by atoms with E-state index in [1.165, 1.54) is 24.3 Å². The van der Waals surface area contributed by atoms with Gasteiger partial charge in [0.25, 0.3) is 0 Å². The first-order valence-electron chi connectivity index (χ1n) is 5.39. The van der Waals surface area contributed by atoms with E-state index in [4.69, 9.17) is 41.2 Å². The van der Waals surface area contributed by atoms with Crippen LogP contribution >= 0.6 is 35.4 Å². The van der Waals surface area contributed by atoms with E-state index in [0.29, 0.717) is 11.4 Å². The van der Waals surface area contributed by atoms with Crippen molar-refractivity contribution in [3.63, 3.8) is 0 Å². The molecule has 104 valence electrons. The molecule has 0 radical (unpaired) electrons. The van der Waals surface area contributed by atoms with Gasteiger partial charge in [0.2, 0.25) is 0 Å². The summed E-state index contributed by atoms with van der Waals surface area (Å²) in [5.74, 6) is -1.25. The molecule has 0 bridgehead atoms. The lowest BCUT2D eigenvalue weighted by atomic mass is 10.2. The zero-order valence-corrected chi connectivity index (χ0v) is 12.2. The Balaban J connectivity index is 2.31. The molecule has 2 aromatic rings. The van der Waals surface area contributed by atoms with E-state index < -0.39 is 11.6 Å².